The summed E-state index contributed by atoms with van der Waals surface area (Å²) in [6.45, 7) is 3.71. The first-order valence-corrected chi connectivity index (χ1v) is 9.45. The molecule has 170 valence electrons. The molecule has 2 N–H and O–H groups in total. The summed E-state index contributed by atoms with van der Waals surface area (Å²) in [5, 5.41) is 18.6. The second-order valence-corrected chi connectivity index (χ2v) is 6.63. The summed E-state index contributed by atoms with van der Waals surface area (Å²) in [6.07, 6.45) is -3.37. The minimum Gasteiger partial charge on any atom is -0.475 e. The largest absolute Gasteiger partial charge is 0.490 e. The van der Waals surface area contributed by atoms with Crippen LogP contribution < -0.4 is 15.8 Å². The quantitative estimate of drug-likeness (QED) is 0.604. The number of rotatable bonds is 4. The summed E-state index contributed by atoms with van der Waals surface area (Å²) in [5.41, 5.74) is 1.53. The first kappa shape index (κ1) is 22.9. The zero-order valence-electron chi connectivity index (χ0n) is 16.6. The second-order valence-electron chi connectivity index (χ2n) is 6.63. The van der Waals surface area contributed by atoms with Gasteiger partial charge in [-0.15, -0.1) is 0 Å². The van der Waals surface area contributed by atoms with E-state index in [0.717, 1.165) is 37.4 Å². The van der Waals surface area contributed by atoms with Crippen LogP contribution in [0, 0.1) is 0 Å². The SMILES string of the molecule is O=C(O)C(F)(F)F.O=c1cc(N2CCNCC2)cnn1Cc1nc(-c2ccccc2)no1. The average molecular weight is 452 g/mol. The van der Waals surface area contributed by atoms with Crippen LogP contribution in [0.1, 0.15) is 5.89 Å². The van der Waals surface area contributed by atoms with Crippen molar-refractivity contribution in [3.8, 4) is 11.4 Å². The zero-order chi connectivity index (χ0) is 23.1. The average Bonchev–Trinajstić information content (AvgIpc) is 3.25. The van der Waals surface area contributed by atoms with Gasteiger partial charge in [0.15, 0.2) is 0 Å². The van der Waals surface area contributed by atoms with Crippen LogP contribution >= 0.6 is 0 Å². The number of aliphatic carboxylic acids is 1. The first-order valence-electron chi connectivity index (χ1n) is 9.45. The Kier molecular flexibility index (Phi) is 7.20. The molecule has 10 nitrogen and oxygen atoms in total. The fourth-order valence-electron chi connectivity index (χ4n) is 2.79. The fraction of sp³-hybridized carbons (Fsp3) is 0.316. The van der Waals surface area contributed by atoms with Crippen LogP contribution in [0.4, 0.5) is 18.9 Å². The number of aromatic nitrogens is 4. The number of carbonyl (C=O) groups is 1. The maximum atomic E-state index is 12.3. The van der Waals surface area contributed by atoms with E-state index < -0.39 is 12.1 Å². The van der Waals surface area contributed by atoms with Gasteiger partial charge < -0.3 is 19.8 Å². The highest BCUT2D eigenvalue weighted by Gasteiger charge is 2.38. The Labute approximate surface area is 179 Å². The van der Waals surface area contributed by atoms with Crippen molar-refractivity contribution in [3.05, 3.63) is 58.8 Å². The lowest BCUT2D eigenvalue weighted by atomic mass is 10.2. The summed E-state index contributed by atoms with van der Waals surface area (Å²) >= 11 is 0. The third kappa shape index (κ3) is 6.14. The first-order chi connectivity index (χ1) is 15.2. The van der Waals surface area contributed by atoms with Crippen molar-refractivity contribution in [2.75, 3.05) is 31.1 Å². The maximum absolute atomic E-state index is 12.3. The van der Waals surface area contributed by atoms with Crippen molar-refractivity contribution in [3.63, 3.8) is 0 Å². The lowest BCUT2D eigenvalue weighted by Gasteiger charge is -2.28. The number of piperazine rings is 1. The number of halogens is 3. The van der Waals surface area contributed by atoms with Crippen molar-refractivity contribution in [2.45, 2.75) is 12.7 Å². The second kappa shape index (κ2) is 10.0. The van der Waals surface area contributed by atoms with Gasteiger partial charge >= 0.3 is 12.1 Å². The number of benzene rings is 1. The predicted molar refractivity (Wildman–Crippen MR) is 106 cm³/mol. The molecule has 3 aromatic rings. The van der Waals surface area contributed by atoms with Crippen molar-refractivity contribution in [1.82, 2.24) is 25.2 Å². The number of hydrogen-bond donors (Lipinski definition) is 2. The normalized spacial score (nSPS) is 13.9. The van der Waals surface area contributed by atoms with Crippen LogP contribution in [-0.2, 0) is 11.3 Å². The van der Waals surface area contributed by atoms with Crippen molar-refractivity contribution in [1.29, 1.82) is 0 Å². The highest BCUT2D eigenvalue weighted by molar-refractivity contribution is 5.73. The molecule has 0 radical (unpaired) electrons. The van der Waals surface area contributed by atoms with E-state index in [1.165, 1.54) is 4.68 Å². The van der Waals surface area contributed by atoms with E-state index in [-0.39, 0.29) is 12.1 Å². The van der Waals surface area contributed by atoms with Gasteiger partial charge in [-0.1, -0.05) is 35.5 Å². The molecule has 0 aliphatic carbocycles. The molecule has 1 aliphatic rings. The van der Waals surface area contributed by atoms with Crippen LogP contribution in [0.3, 0.4) is 0 Å². The van der Waals surface area contributed by atoms with Crippen molar-refractivity contribution < 1.29 is 27.6 Å². The fourth-order valence-corrected chi connectivity index (χ4v) is 2.79. The molecule has 1 aromatic carbocycles. The van der Waals surface area contributed by atoms with Crippen LogP contribution in [0.5, 0.6) is 0 Å². The van der Waals surface area contributed by atoms with Crippen LogP contribution in [0.2, 0.25) is 0 Å². The molecule has 1 aliphatic heterocycles. The number of anilines is 1. The van der Waals surface area contributed by atoms with Gasteiger partial charge in [0.05, 0.1) is 11.9 Å². The van der Waals surface area contributed by atoms with Gasteiger partial charge in [-0.2, -0.15) is 23.3 Å². The Bertz CT molecular complexity index is 1090. The molecule has 4 rings (SSSR count). The van der Waals surface area contributed by atoms with Crippen LogP contribution in [-0.4, -0.2) is 63.4 Å². The number of hydrogen-bond acceptors (Lipinski definition) is 8. The number of alkyl halides is 3. The molecule has 0 bridgehead atoms. The van der Waals surface area contributed by atoms with Gasteiger partial charge in [-0.05, 0) is 0 Å². The summed E-state index contributed by atoms with van der Waals surface area (Å²) in [4.78, 5) is 27.7. The number of nitrogens with one attached hydrogen (secondary N) is 1. The summed E-state index contributed by atoms with van der Waals surface area (Å²) < 4.78 is 38.3. The molecule has 0 spiro atoms. The lowest BCUT2D eigenvalue weighted by molar-refractivity contribution is -0.192. The van der Waals surface area contributed by atoms with Gasteiger partial charge in [0.1, 0.15) is 6.54 Å². The van der Waals surface area contributed by atoms with E-state index >= 15 is 0 Å². The number of carboxylic acids is 1. The molecule has 32 heavy (non-hydrogen) atoms. The van der Waals surface area contributed by atoms with Gasteiger partial charge in [0, 0.05) is 37.8 Å². The van der Waals surface area contributed by atoms with Gasteiger partial charge in [-0.3, -0.25) is 4.79 Å². The third-order valence-electron chi connectivity index (χ3n) is 4.36. The molecular weight excluding hydrogens is 433 g/mol. The molecule has 2 aromatic heterocycles. The van der Waals surface area contributed by atoms with Crippen molar-refractivity contribution >= 4 is 11.7 Å². The van der Waals surface area contributed by atoms with E-state index in [2.05, 4.69) is 25.5 Å². The standard InChI is InChI=1S/C17H18N6O2.C2HF3O2/c24-16-10-14(22-8-6-18-7-9-22)11-19-23(16)12-15-20-17(21-25-15)13-4-2-1-3-5-13;3-2(4,5)1(6)7/h1-5,10-11,18H,6-9,12H2;(H,6,7). The maximum Gasteiger partial charge on any atom is 0.490 e. The summed E-state index contributed by atoms with van der Waals surface area (Å²) in [5.74, 6) is -1.91. The minimum atomic E-state index is -5.08. The van der Waals surface area contributed by atoms with Crippen LogP contribution in [0.15, 0.2) is 51.9 Å². The molecule has 3 heterocycles. The van der Waals surface area contributed by atoms with E-state index in [1.807, 2.05) is 30.3 Å². The van der Waals surface area contributed by atoms with Gasteiger partial charge in [-0.25, -0.2) is 9.48 Å². The zero-order valence-corrected chi connectivity index (χ0v) is 16.6. The summed E-state index contributed by atoms with van der Waals surface area (Å²) in [6, 6.07) is 11.2. The number of carboxylic acid groups (broad SMARTS) is 1. The topological polar surface area (TPSA) is 126 Å². The molecule has 1 fully saturated rings. The lowest BCUT2D eigenvalue weighted by Crippen LogP contribution is -2.44. The Morgan fingerprint density at radius 3 is 2.44 bits per heavy atom. The number of nitrogens with zero attached hydrogens (tertiary/aromatic N) is 5. The highest BCUT2D eigenvalue weighted by atomic mass is 19.4. The van der Waals surface area contributed by atoms with E-state index in [9.17, 15) is 18.0 Å². The molecule has 0 atom stereocenters. The monoisotopic (exact) mass is 452 g/mol. The van der Waals surface area contributed by atoms with E-state index in [4.69, 9.17) is 14.4 Å². The molecule has 0 saturated carbocycles. The Morgan fingerprint density at radius 2 is 1.84 bits per heavy atom. The molecule has 1 saturated heterocycles. The highest BCUT2D eigenvalue weighted by Crippen LogP contribution is 2.15. The predicted octanol–water partition coefficient (Wildman–Crippen LogP) is 1.38. The Hall–Kier alpha value is -3.74. The minimum absolute atomic E-state index is 0.153. The molecule has 13 heteroatoms. The molecule has 0 amide bonds. The Morgan fingerprint density at radius 1 is 1.19 bits per heavy atom. The van der Waals surface area contributed by atoms with E-state index in [0.29, 0.717) is 11.7 Å². The smallest absolute Gasteiger partial charge is 0.475 e. The third-order valence-corrected chi connectivity index (χ3v) is 4.36. The molecular formula is C19H19F3N6O4. The van der Waals surface area contributed by atoms with Gasteiger partial charge in [0.25, 0.3) is 5.56 Å². The Balaban J connectivity index is 0.000000360. The van der Waals surface area contributed by atoms with Crippen molar-refractivity contribution in [2.24, 2.45) is 0 Å². The van der Waals surface area contributed by atoms with Crippen LogP contribution in [0.25, 0.3) is 11.4 Å². The van der Waals surface area contributed by atoms with E-state index in [1.54, 1.807) is 12.3 Å². The summed E-state index contributed by atoms with van der Waals surface area (Å²) in [7, 11) is 0. The van der Waals surface area contributed by atoms with Gasteiger partial charge in [0.2, 0.25) is 11.7 Å². The molecule has 0 unspecified atom stereocenters.